The standard InChI is InChI=1S/C32H28N2O5S/c1-38-21-13-11-19(12-14-21)17-39-32(37)28-26-23-16-20-9-5-6-10-22(20)25(23)29(26)40-31-27(30(36)34(28)31)33-24(35)15-18-7-3-2-4-8-18/h2-14,23,25,27,29,31H,15-17H2,1H3,(H,33,35)/t23-,25+,27+,29-,31+/m0/s1. The summed E-state index contributed by atoms with van der Waals surface area (Å²) < 4.78 is 11.0. The number of ether oxygens (including phenoxy) is 2. The smallest absolute Gasteiger partial charge is 0.355 e. The lowest BCUT2D eigenvalue weighted by Gasteiger charge is -2.58. The molecule has 1 saturated carbocycles. The second-order valence-electron chi connectivity index (χ2n) is 10.6. The summed E-state index contributed by atoms with van der Waals surface area (Å²) in [4.78, 5) is 41.6. The fraction of sp³-hybridized carbons (Fsp3) is 0.281. The number of hydrogen-bond acceptors (Lipinski definition) is 6. The van der Waals surface area contributed by atoms with Gasteiger partial charge in [-0.2, -0.15) is 0 Å². The third kappa shape index (κ3) is 4.01. The van der Waals surface area contributed by atoms with Crippen molar-refractivity contribution in [3.8, 4) is 5.75 Å². The van der Waals surface area contributed by atoms with Gasteiger partial charge in [0.1, 0.15) is 29.5 Å². The molecule has 2 heterocycles. The van der Waals surface area contributed by atoms with Gasteiger partial charge in [-0.15, -0.1) is 11.8 Å². The Balaban J connectivity index is 1.15. The summed E-state index contributed by atoms with van der Waals surface area (Å²) in [6.45, 7) is 0.0929. The third-order valence-corrected chi connectivity index (χ3v) is 10.0. The monoisotopic (exact) mass is 552 g/mol. The molecule has 3 aromatic rings. The van der Waals surface area contributed by atoms with E-state index in [0.29, 0.717) is 11.6 Å². The molecule has 7 nitrogen and oxygen atoms in total. The predicted molar refractivity (Wildman–Crippen MR) is 150 cm³/mol. The highest BCUT2D eigenvalue weighted by molar-refractivity contribution is 8.01. The number of carbonyl (C=O) groups is 3. The van der Waals surface area contributed by atoms with Gasteiger partial charge in [-0.05, 0) is 52.3 Å². The number of benzene rings is 3. The van der Waals surface area contributed by atoms with E-state index in [1.54, 1.807) is 23.8 Å². The summed E-state index contributed by atoms with van der Waals surface area (Å²) in [6.07, 6.45) is 1.05. The van der Waals surface area contributed by atoms with Crippen LogP contribution in [0.1, 0.15) is 28.2 Å². The van der Waals surface area contributed by atoms with Crippen molar-refractivity contribution in [2.24, 2.45) is 5.92 Å². The van der Waals surface area contributed by atoms with Gasteiger partial charge in [-0.25, -0.2) is 4.79 Å². The minimum absolute atomic E-state index is 0.0695. The van der Waals surface area contributed by atoms with Crippen molar-refractivity contribution in [1.29, 1.82) is 0 Å². The molecule has 40 heavy (non-hydrogen) atoms. The number of thioether (sulfide) groups is 1. The van der Waals surface area contributed by atoms with E-state index in [2.05, 4.69) is 23.5 Å². The van der Waals surface area contributed by atoms with E-state index >= 15 is 0 Å². The molecule has 3 aromatic carbocycles. The zero-order valence-corrected chi connectivity index (χ0v) is 22.7. The summed E-state index contributed by atoms with van der Waals surface area (Å²) in [7, 11) is 1.60. The molecule has 0 bridgehead atoms. The van der Waals surface area contributed by atoms with E-state index in [4.69, 9.17) is 9.47 Å². The molecule has 0 radical (unpaired) electrons. The van der Waals surface area contributed by atoms with Crippen LogP contribution in [0.15, 0.2) is 90.1 Å². The van der Waals surface area contributed by atoms with Crippen molar-refractivity contribution in [1.82, 2.24) is 10.2 Å². The maximum atomic E-state index is 13.7. The van der Waals surface area contributed by atoms with Crippen LogP contribution in [0.3, 0.4) is 0 Å². The van der Waals surface area contributed by atoms with Crippen LogP contribution in [0.4, 0.5) is 0 Å². The maximum Gasteiger partial charge on any atom is 0.355 e. The van der Waals surface area contributed by atoms with Crippen LogP contribution in [0.5, 0.6) is 5.75 Å². The minimum atomic E-state index is -0.678. The van der Waals surface area contributed by atoms with Crippen molar-refractivity contribution in [3.63, 3.8) is 0 Å². The molecule has 2 fully saturated rings. The van der Waals surface area contributed by atoms with E-state index in [-0.39, 0.29) is 41.4 Å². The van der Waals surface area contributed by atoms with E-state index < -0.39 is 12.0 Å². The molecule has 0 unspecified atom stereocenters. The SMILES string of the molecule is COc1ccc(COC(=O)C2=C3[C@H]4Cc5ccccc5[C@H]4[C@@H]3S[C@@H]3[C@H](NC(=O)Cc4ccccc4)C(=O)N23)cc1. The molecule has 202 valence electrons. The first-order valence-corrected chi connectivity index (χ1v) is 14.4. The van der Waals surface area contributed by atoms with Gasteiger partial charge in [0.15, 0.2) is 0 Å². The van der Waals surface area contributed by atoms with Crippen molar-refractivity contribution in [2.75, 3.05) is 7.11 Å². The van der Waals surface area contributed by atoms with Gasteiger partial charge in [-0.3, -0.25) is 14.5 Å². The summed E-state index contributed by atoms with van der Waals surface area (Å²) >= 11 is 1.68. The normalized spacial score (nSPS) is 25.5. The Kier molecular flexibility index (Phi) is 6.15. The fourth-order valence-electron chi connectivity index (χ4n) is 6.48. The van der Waals surface area contributed by atoms with Crippen LogP contribution >= 0.6 is 11.8 Å². The van der Waals surface area contributed by atoms with E-state index in [0.717, 1.165) is 28.9 Å². The Bertz CT molecular complexity index is 1540. The van der Waals surface area contributed by atoms with E-state index in [1.807, 2.05) is 60.7 Å². The summed E-state index contributed by atoms with van der Waals surface area (Å²) in [5.41, 5.74) is 5.71. The van der Waals surface area contributed by atoms with Crippen LogP contribution in [-0.2, 0) is 38.6 Å². The molecule has 1 saturated heterocycles. The highest BCUT2D eigenvalue weighted by Crippen LogP contribution is 2.64. The highest BCUT2D eigenvalue weighted by Gasteiger charge is 2.64. The number of esters is 1. The molecule has 5 atom stereocenters. The van der Waals surface area contributed by atoms with Crippen molar-refractivity contribution in [3.05, 3.63) is 112 Å². The molecule has 2 aliphatic carbocycles. The lowest BCUT2D eigenvalue weighted by atomic mass is 9.67. The zero-order valence-electron chi connectivity index (χ0n) is 21.9. The summed E-state index contributed by atoms with van der Waals surface area (Å²) in [5, 5.41) is 2.66. The summed E-state index contributed by atoms with van der Waals surface area (Å²) in [6, 6.07) is 24.6. The number of hydrogen-bond donors (Lipinski definition) is 1. The first-order chi connectivity index (χ1) is 19.5. The third-order valence-electron chi connectivity index (χ3n) is 8.41. The number of fused-ring (bicyclic) bond motifs is 7. The van der Waals surface area contributed by atoms with Crippen LogP contribution < -0.4 is 10.1 Å². The number of rotatable bonds is 7. The number of β-lactam (4-membered cyclic amide) rings is 1. The number of amides is 2. The molecule has 0 spiro atoms. The second kappa shape index (κ2) is 9.86. The average Bonchev–Trinajstić information content (AvgIpc) is 3.31. The van der Waals surface area contributed by atoms with Crippen molar-refractivity contribution >= 4 is 29.5 Å². The first-order valence-electron chi connectivity index (χ1n) is 13.5. The first kappa shape index (κ1) is 25.0. The minimum Gasteiger partial charge on any atom is -0.497 e. The van der Waals surface area contributed by atoms with Crippen LogP contribution in [-0.4, -0.2) is 46.5 Å². The Morgan fingerprint density at radius 1 is 0.975 bits per heavy atom. The van der Waals surface area contributed by atoms with E-state index in [9.17, 15) is 14.4 Å². The Morgan fingerprint density at radius 3 is 2.50 bits per heavy atom. The van der Waals surface area contributed by atoms with Crippen LogP contribution in [0.25, 0.3) is 0 Å². The van der Waals surface area contributed by atoms with Gasteiger partial charge in [0.2, 0.25) is 5.91 Å². The molecule has 0 aromatic heterocycles. The van der Waals surface area contributed by atoms with E-state index in [1.165, 1.54) is 11.1 Å². The molecule has 4 aliphatic rings. The lowest BCUT2D eigenvalue weighted by Crippen LogP contribution is -2.72. The molecule has 1 N–H and O–H groups in total. The quantitative estimate of drug-likeness (QED) is 0.353. The fourth-order valence-corrected chi connectivity index (χ4v) is 8.39. The van der Waals surface area contributed by atoms with Gasteiger partial charge in [0.05, 0.1) is 13.5 Å². The number of nitrogens with zero attached hydrogens (tertiary/aromatic N) is 1. The Hall–Kier alpha value is -4.04. The topological polar surface area (TPSA) is 84.9 Å². The number of nitrogens with one attached hydrogen (secondary N) is 1. The molecule has 7 rings (SSSR count). The molecular formula is C32H28N2O5S. The largest absolute Gasteiger partial charge is 0.497 e. The molecule has 2 amide bonds. The van der Waals surface area contributed by atoms with Gasteiger partial charge in [-0.1, -0.05) is 66.7 Å². The highest BCUT2D eigenvalue weighted by atomic mass is 32.2. The van der Waals surface area contributed by atoms with Gasteiger partial charge >= 0.3 is 5.97 Å². The lowest BCUT2D eigenvalue weighted by molar-refractivity contribution is -0.153. The maximum absolute atomic E-state index is 13.7. The molecule has 2 aliphatic heterocycles. The number of methoxy groups -OCH3 is 1. The van der Waals surface area contributed by atoms with Gasteiger partial charge in [0, 0.05) is 11.2 Å². The average molecular weight is 553 g/mol. The Labute approximate surface area is 236 Å². The van der Waals surface area contributed by atoms with Gasteiger partial charge in [0.25, 0.3) is 5.91 Å². The zero-order chi connectivity index (χ0) is 27.4. The number of carbonyl (C=O) groups excluding carboxylic acids is 3. The molecular weight excluding hydrogens is 524 g/mol. The predicted octanol–water partition coefficient (Wildman–Crippen LogP) is 3.97. The van der Waals surface area contributed by atoms with Gasteiger partial charge < -0.3 is 14.8 Å². The summed E-state index contributed by atoms with van der Waals surface area (Å²) in [5.74, 6) is 0.236. The van der Waals surface area contributed by atoms with Crippen LogP contribution in [0.2, 0.25) is 0 Å². The van der Waals surface area contributed by atoms with Crippen molar-refractivity contribution < 1.29 is 23.9 Å². The Morgan fingerprint density at radius 2 is 1.73 bits per heavy atom. The van der Waals surface area contributed by atoms with Crippen LogP contribution in [0, 0.1) is 5.92 Å². The second-order valence-corrected chi connectivity index (χ2v) is 11.9. The van der Waals surface area contributed by atoms with Crippen molar-refractivity contribution in [2.45, 2.75) is 42.0 Å². The molecule has 8 heteroatoms.